The number of pyridine rings is 1. The number of carboxylic acid groups (broad SMARTS) is 1. The lowest BCUT2D eigenvalue weighted by atomic mass is 10.1. The van der Waals surface area contributed by atoms with Crippen molar-refractivity contribution >= 4 is 17.9 Å². The lowest BCUT2D eigenvalue weighted by Gasteiger charge is -2.29. The Morgan fingerprint density at radius 3 is 2.53 bits per heavy atom. The van der Waals surface area contributed by atoms with Crippen LogP contribution in [-0.2, 0) is 17.6 Å². The van der Waals surface area contributed by atoms with Gasteiger partial charge in [0.05, 0.1) is 0 Å². The van der Waals surface area contributed by atoms with Gasteiger partial charge in [-0.1, -0.05) is 18.2 Å². The number of benzene rings is 1. The summed E-state index contributed by atoms with van der Waals surface area (Å²) < 4.78 is 18.1. The highest BCUT2D eigenvalue weighted by Crippen LogP contribution is 2.30. The Morgan fingerprint density at radius 1 is 1.10 bits per heavy atom. The number of aryl methyl sites for hydroxylation is 2. The molecule has 1 aromatic carbocycles. The van der Waals surface area contributed by atoms with Gasteiger partial charge in [-0.25, -0.2) is 9.18 Å². The van der Waals surface area contributed by atoms with Gasteiger partial charge in [-0.05, 0) is 72.9 Å². The second-order valence-corrected chi connectivity index (χ2v) is 8.01. The fraction of sp³-hybridized carbons (Fsp3) is 0.304. The number of thioether (sulfide) groups is 1. The van der Waals surface area contributed by atoms with E-state index >= 15 is 0 Å². The van der Waals surface area contributed by atoms with E-state index in [9.17, 15) is 9.18 Å². The highest BCUT2D eigenvalue weighted by molar-refractivity contribution is 8.03. The maximum atomic E-state index is 13.0. The SMILES string of the molecule is O=C(O)OC1=C(SCCCc2ccc(F)cc2)N(CCCc2ccncc2)CC=C1. The molecule has 0 unspecified atom stereocenters. The van der Waals surface area contributed by atoms with Gasteiger partial charge in [0, 0.05) is 25.5 Å². The standard InChI is InChI=1S/C23H25FN2O3S/c24-20-9-7-18(8-10-20)5-3-17-30-22-21(29-23(27)28)6-2-16-26(22)15-1-4-19-11-13-25-14-12-19/h2,6-14H,1,3-5,15-17H2,(H,27,28). The monoisotopic (exact) mass is 428 g/mol. The van der Waals surface area contributed by atoms with Crippen molar-refractivity contribution in [1.29, 1.82) is 0 Å². The Morgan fingerprint density at radius 2 is 1.80 bits per heavy atom. The molecule has 1 aliphatic rings. The molecule has 0 aliphatic carbocycles. The zero-order chi connectivity index (χ0) is 21.2. The largest absolute Gasteiger partial charge is 0.511 e. The Bertz CT molecular complexity index is 885. The number of allylic oxidation sites excluding steroid dienone is 1. The first kappa shape index (κ1) is 21.9. The van der Waals surface area contributed by atoms with Crippen molar-refractivity contribution in [3.05, 3.63) is 88.7 Å². The van der Waals surface area contributed by atoms with Crippen molar-refractivity contribution in [3.8, 4) is 0 Å². The smallest absolute Gasteiger partial charge is 0.449 e. The highest BCUT2D eigenvalue weighted by Gasteiger charge is 2.20. The molecule has 2 heterocycles. The van der Waals surface area contributed by atoms with Crippen molar-refractivity contribution in [1.82, 2.24) is 9.88 Å². The minimum atomic E-state index is -1.31. The first-order valence-electron chi connectivity index (χ1n) is 9.94. The molecular formula is C23H25FN2O3S. The third-order valence-corrected chi connectivity index (χ3v) is 5.92. The molecule has 5 nitrogen and oxygen atoms in total. The molecule has 0 bridgehead atoms. The molecule has 1 aromatic heterocycles. The van der Waals surface area contributed by atoms with Crippen LogP contribution in [-0.4, -0.2) is 40.0 Å². The molecule has 2 aromatic rings. The Labute approximate surface area is 180 Å². The summed E-state index contributed by atoms with van der Waals surface area (Å²) in [4.78, 5) is 17.3. The van der Waals surface area contributed by atoms with Crippen molar-refractivity contribution in [2.75, 3.05) is 18.8 Å². The molecular weight excluding hydrogens is 403 g/mol. The molecule has 3 rings (SSSR count). The van der Waals surface area contributed by atoms with Crippen LogP contribution in [0.1, 0.15) is 24.0 Å². The first-order valence-corrected chi connectivity index (χ1v) is 10.9. The molecule has 7 heteroatoms. The average Bonchev–Trinajstić information content (AvgIpc) is 2.74. The topological polar surface area (TPSA) is 62.7 Å². The van der Waals surface area contributed by atoms with Gasteiger partial charge in [-0.2, -0.15) is 0 Å². The van der Waals surface area contributed by atoms with Crippen molar-refractivity contribution in [3.63, 3.8) is 0 Å². The Kier molecular flexibility index (Phi) is 8.32. The van der Waals surface area contributed by atoms with Crippen LogP contribution in [0.5, 0.6) is 0 Å². The van der Waals surface area contributed by atoms with Crippen LogP contribution in [0.25, 0.3) is 0 Å². The molecule has 30 heavy (non-hydrogen) atoms. The summed E-state index contributed by atoms with van der Waals surface area (Å²) in [6, 6.07) is 10.6. The number of ether oxygens (including phenoxy) is 1. The fourth-order valence-electron chi connectivity index (χ4n) is 3.24. The van der Waals surface area contributed by atoms with Crippen LogP contribution in [0.4, 0.5) is 9.18 Å². The van der Waals surface area contributed by atoms with E-state index in [0.29, 0.717) is 5.76 Å². The van der Waals surface area contributed by atoms with Gasteiger partial charge in [0.25, 0.3) is 0 Å². The van der Waals surface area contributed by atoms with Crippen molar-refractivity contribution < 1.29 is 19.0 Å². The number of nitrogens with zero attached hydrogens (tertiary/aromatic N) is 2. The zero-order valence-electron chi connectivity index (χ0n) is 16.7. The average molecular weight is 429 g/mol. The summed E-state index contributed by atoms with van der Waals surface area (Å²) in [5, 5.41) is 9.94. The van der Waals surface area contributed by atoms with Crippen LogP contribution in [0.2, 0.25) is 0 Å². The molecule has 158 valence electrons. The molecule has 0 saturated carbocycles. The lowest BCUT2D eigenvalue weighted by molar-refractivity contribution is 0.119. The summed E-state index contributed by atoms with van der Waals surface area (Å²) in [6.45, 7) is 1.53. The normalized spacial score (nSPS) is 13.6. The van der Waals surface area contributed by atoms with Crippen LogP contribution < -0.4 is 0 Å². The van der Waals surface area contributed by atoms with Crippen LogP contribution in [0.3, 0.4) is 0 Å². The molecule has 0 atom stereocenters. The third kappa shape index (κ3) is 6.91. The molecule has 0 radical (unpaired) electrons. The van der Waals surface area contributed by atoms with Crippen molar-refractivity contribution in [2.24, 2.45) is 0 Å². The van der Waals surface area contributed by atoms with Crippen molar-refractivity contribution in [2.45, 2.75) is 25.7 Å². The minimum Gasteiger partial charge on any atom is -0.449 e. The molecule has 1 N–H and O–H groups in total. The predicted molar refractivity (Wildman–Crippen MR) is 117 cm³/mol. The van der Waals surface area contributed by atoms with Gasteiger partial charge in [-0.3, -0.25) is 4.98 Å². The highest BCUT2D eigenvalue weighted by atomic mass is 32.2. The number of rotatable bonds is 10. The van der Waals surface area contributed by atoms with Crippen LogP contribution in [0.15, 0.2) is 71.7 Å². The van der Waals surface area contributed by atoms with E-state index in [2.05, 4.69) is 9.88 Å². The first-order chi connectivity index (χ1) is 14.6. The summed E-state index contributed by atoms with van der Waals surface area (Å²) in [6.07, 6.45) is 9.54. The van der Waals surface area contributed by atoms with E-state index in [1.807, 2.05) is 18.2 Å². The predicted octanol–water partition coefficient (Wildman–Crippen LogP) is 5.25. The summed E-state index contributed by atoms with van der Waals surface area (Å²) in [5.41, 5.74) is 2.32. The van der Waals surface area contributed by atoms with E-state index in [1.165, 1.54) is 17.7 Å². The Hall–Kier alpha value is -2.80. The molecule has 0 fully saturated rings. The maximum absolute atomic E-state index is 13.0. The van der Waals surface area contributed by atoms with E-state index < -0.39 is 6.16 Å². The number of hydrogen-bond acceptors (Lipinski definition) is 5. The molecule has 0 saturated heterocycles. The second kappa shape index (κ2) is 11.4. The fourth-order valence-corrected chi connectivity index (χ4v) is 4.33. The van der Waals surface area contributed by atoms with Gasteiger partial charge in [0.2, 0.25) is 0 Å². The quantitative estimate of drug-likeness (QED) is 0.412. The van der Waals surface area contributed by atoms with Gasteiger partial charge >= 0.3 is 6.16 Å². The van der Waals surface area contributed by atoms with Crippen LogP contribution in [0, 0.1) is 5.82 Å². The van der Waals surface area contributed by atoms with E-state index in [0.717, 1.165) is 55.1 Å². The zero-order valence-corrected chi connectivity index (χ0v) is 17.5. The molecule has 0 amide bonds. The maximum Gasteiger partial charge on any atom is 0.511 e. The van der Waals surface area contributed by atoms with Gasteiger partial charge in [0.15, 0.2) is 5.76 Å². The van der Waals surface area contributed by atoms with Gasteiger partial charge in [-0.15, -0.1) is 11.8 Å². The van der Waals surface area contributed by atoms with E-state index in [4.69, 9.17) is 9.84 Å². The number of carbonyl (C=O) groups is 1. The number of hydrogen-bond donors (Lipinski definition) is 1. The molecule has 0 spiro atoms. The summed E-state index contributed by atoms with van der Waals surface area (Å²) in [5.74, 6) is 0.961. The van der Waals surface area contributed by atoms with E-state index in [1.54, 1.807) is 42.4 Å². The van der Waals surface area contributed by atoms with Gasteiger partial charge in [0.1, 0.15) is 10.8 Å². The minimum absolute atomic E-state index is 0.231. The van der Waals surface area contributed by atoms with Crippen LogP contribution >= 0.6 is 11.8 Å². The second-order valence-electron chi connectivity index (χ2n) is 6.92. The number of halogens is 1. The Balaban J connectivity index is 1.57. The molecule has 1 aliphatic heterocycles. The third-order valence-electron chi connectivity index (χ3n) is 4.69. The van der Waals surface area contributed by atoms with Gasteiger partial charge < -0.3 is 14.7 Å². The van der Waals surface area contributed by atoms with E-state index in [-0.39, 0.29) is 5.82 Å². The summed E-state index contributed by atoms with van der Waals surface area (Å²) in [7, 11) is 0. The lowest BCUT2D eigenvalue weighted by Crippen LogP contribution is -2.28. The number of aromatic nitrogens is 1. The summed E-state index contributed by atoms with van der Waals surface area (Å²) >= 11 is 1.61.